The molecule has 3 rings (SSSR count). The van der Waals surface area contributed by atoms with Gasteiger partial charge in [-0.2, -0.15) is 0 Å². The van der Waals surface area contributed by atoms with Gasteiger partial charge in [0.1, 0.15) is 0 Å². The van der Waals surface area contributed by atoms with Crippen molar-refractivity contribution in [2.75, 3.05) is 13.7 Å². The molecule has 0 saturated heterocycles. The summed E-state index contributed by atoms with van der Waals surface area (Å²) in [5.41, 5.74) is 10.1. The van der Waals surface area contributed by atoms with Crippen LogP contribution in [0, 0.1) is 3.57 Å². The Kier molecular flexibility index (Phi) is 5.17. The lowest BCUT2D eigenvalue weighted by Crippen LogP contribution is -1.99. The number of aromatic nitrogens is 2. The van der Waals surface area contributed by atoms with Crippen molar-refractivity contribution in [1.82, 2.24) is 9.97 Å². The highest BCUT2D eigenvalue weighted by Crippen LogP contribution is 2.32. The molecule has 0 aliphatic rings. The molecule has 0 aliphatic carbocycles. The topological polar surface area (TPSA) is 63.9 Å². The number of ether oxygens (including phenoxy) is 1. The van der Waals surface area contributed by atoms with Crippen molar-refractivity contribution >= 4 is 33.5 Å². The number of pyridine rings is 1. The summed E-state index contributed by atoms with van der Waals surface area (Å²) in [6.07, 6.45) is 3.10. The van der Waals surface area contributed by atoms with Crippen molar-refractivity contribution in [2.24, 2.45) is 5.73 Å². The van der Waals surface area contributed by atoms with Gasteiger partial charge in [0.25, 0.3) is 0 Å². The Hall–Kier alpha value is -1.60. The molecule has 0 amide bonds. The van der Waals surface area contributed by atoms with E-state index in [1.165, 1.54) is 14.5 Å². The van der Waals surface area contributed by atoms with E-state index in [-0.39, 0.29) is 0 Å². The number of hydrogen-bond acceptors (Lipinski definition) is 3. The molecule has 0 unspecified atom stereocenters. The second kappa shape index (κ2) is 7.31. The number of methoxy groups -OCH3 is 1. The summed E-state index contributed by atoms with van der Waals surface area (Å²) in [7, 11) is 1.64. The number of hydrogen-bond donors (Lipinski definition) is 2. The Labute approximate surface area is 149 Å². The Bertz CT molecular complexity index is 813. The number of H-pyrrole nitrogens is 1. The molecule has 2 heterocycles. The van der Waals surface area contributed by atoms with Crippen molar-refractivity contribution in [2.45, 2.75) is 19.3 Å². The summed E-state index contributed by atoms with van der Waals surface area (Å²) in [6, 6.07) is 12.3. The molecule has 23 heavy (non-hydrogen) atoms. The van der Waals surface area contributed by atoms with Gasteiger partial charge in [0, 0.05) is 20.5 Å². The molecule has 0 saturated carbocycles. The zero-order valence-corrected chi connectivity index (χ0v) is 15.3. The van der Waals surface area contributed by atoms with Gasteiger partial charge in [0.15, 0.2) is 0 Å². The molecule has 3 N–H and O–H groups in total. The zero-order valence-electron chi connectivity index (χ0n) is 13.1. The van der Waals surface area contributed by atoms with E-state index in [1.807, 2.05) is 18.2 Å². The maximum atomic E-state index is 5.65. The van der Waals surface area contributed by atoms with Crippen LogP contribution in [-0.2, 0) is 6.42 Å². The van der Waals surface area contributed by atoms with Gasteiger partial charge >= 0.3 is 0 Å². The fraction of sp³-hybridized carbons (Fsp3) is 0.278. The minimum atomic E-state index is 0.628. The van der Waals surface area contributed by atoms with Crippen LogP contribution >= 0.6 is 22.6 Å². The van der Waals surface area contributed by atoms with Crippen LogP contribution in [0.2, 0.25) is 0 Å². The van der Waals surface area contributed by atoms with Crippen LogP contribution in [0.25, 0.3) is 22.3 Å². The summed E-state index contributed by atoms with van der Waals surface area (Å²) in [6.45, 7) is 0.729. The maximum Gasteiger partial charge on any atom is 0.213 e. The molecule has 4 nitrogen and oxygen atoms in total. The molecule has 5 heteroatoms. The molecule has 120 valence electrons. The van der Waals surface area contributed by atoms with E-state index in [4.69, 9.17) is 10.5 Å². The van der Waals surface area contributed by atoms with Crippen LogP contribution in [0.4, 0.5) is 0 Å². The van der Waals surface area contributed by atoms with E-state index in [2.05, 4.69) is 50.8 Å². The molecule has 2 aromatic heterocycles. The predicted molar refractivity (Wildman–Crippen MR) is 103 cm³/mol. The van der Waals surface area contributed by atoms with Crippen LogP contribution in [0.1, 0.15) is 18.4 Å². The lowest BCUT2D eigenvalue weighted by Gasteiger charge is -2.06. The van der Waals surface area contributed by atoms with Gasteiger partial charge in [0.05, 0.1) is 18.5 Å². The van der Waals surface area contributed by atoms with Crippen molar-refractivity contribution in [3.63, 3.8) is 0 Å². The van der Waals surface area contributed by atoms with Crippen molar-refractivity contribution in [3.05, 3.63) is 45.5 Å². The Balaban J connectivity index is 2.11. The first kappa shape index (κ1) is 16.3. The predicted octanol–water partition coefficient (Wildman–Crippen LogP) is 4.12. The highest BCUT2D eigenvalue weighted by molar-refractivity contribution is 14.1. The van der Waals surface area contributed by atoms with Crippen molar-refractivity contribution in [1.29, 1.82) is 0 Å². The molecule has 0 radical (unpaired) electrons. The lowest BCUT2D eigenvalue weighted by atomic mass is 10.0. The van der Waals surface area contributed by atoms with Crippen LogP contribution in [0.3, 0.4) is 0 Å². The van der Waals surface area contributed by atoms with Crippen LogP contribution in [0.5, 0.6) is 5.88 Å². The largest absolute Gasteiger partial charge is 0.481 e. The van der Waals surface area contributed by atoms with Crippen LogP contribution in [-0.4, -0.2) is 23.6 Å². The third-order valence-corrected chi connectivity index (χ3v) is 4.61. The van der Waals surface area contributed by atoms with Crippen molar-refractivity contribution < 1.29 is 4.74 Å². The first-order chi connectivity index (χ1) is 11.2. The van der Waals surface area contributed by atoms with Gasteiger partial charge in [-0.3, -0.25) is 0 Å². The monoisotopic (exact) mass is 421 g/mol. The van der Waals surface area contributed by atoms with Gasteiger partial charge in [-0.25, -0.2) is 4.98 Å². The van der Waals surface area contributed by atoms with Gasteiger partial charge < -0.3 is 15.5 Å². The molecular weight excluding hydrogens is 401 g/mol. The van der Waals surface area contributed by atoms with Gasteiger partial charge in [-0.15, -0.1) is 0 Å². The van der Waals surface area contributed by atoms with E-state index < -0.39 is 0 Å². The highest BCUT2D eigenvalue weighted by atomic mass is 127. The number of halogens is 1. The summed E-state index contributed by atoms with van der Waals surface area (Å²) in [5, 5.41) is 1.27. The minimum Gasteiger partial charge on any atom is -0.481 e. The second-order valence-electron chi connectivity index (χ2n) is 5.48. The third kappa shape index (κ3) is 3.50. The summed E-state index contributed by atoms with van der Waals surface area (Å²) in [4.78, 5) is 8.12. The first-order valence-corrected chi connectivity index (χ1v) is 8.82. The number of nitrogens with one attached hydrogen (secondary N) is 1. The average Bonchev–Trinajstić information content (AvgIpc) is 2.93. The molecule has 3 aromatic rings. The molecule has 1 aromatic carbocycles. The second-order valence-corrected chi connectivity index (χ2v) is 6.73. The van der Waals surface area contributed by atoms with Gasteiger partial charge in [0.2, 0.25) is 5.88 Å². The number of fused-ring (bicyclic) bond motifs is 1. The number of nitrogens with zero attached hydrogens (tertiary/aromatic N) is 1. The molecule has 0 spiro atoms. The number of rotatable bonds is 6. The van der Waals surface area contributed by atoms with E-state index in [0.29, 0.717) is 5.88 Å². The van der Waals surface area contributed by atoms with E-state index in [1.54, 1.807) is 7.11 Å². The number of aromatic amines is 1. The lowest BCUT2D eigenvalue weighted by molar-refractivity contribution is 0.398. The maximum absolute atomic E-state index is 5.65. The number of nitrogens with two attached hydrogens (primary N) is 1. The van der Waals surface area contributed by atoms with Gasteiger partial charge in [-0.1, -0.05) is 6.07 Å². The normalized spacial score (nSPS) is 11.1. The summed E-state index contributed by atoms with van der Waals surface area (Å²) < 4.78 is 6.50. The molecule has 0 fully saturated rings. The van der Waals surface area contributed by atoms with E-state index >= 15 is 0 Å². The SMILES string of the molecule is COc1cccc(-c2[nH]c3ccc(I)cc3c2CCCCN)n1. The number of aryl methyl sites for hydroxylation is 1. The third-order valence-electron chi connectivity index (χ3n) is 3.94. The zero-order chi connectivity index (χ0) is 16.2. The number of unbranched alkanes of at least 4 members (excludes halogenated alkanes) is 1. The highest BCUT2D eigenvalue weighted by Gasteiger charge is 2.14. The quantitative estimate of drug-likeness (QED) is 0.465. The Morgan fingerprint density at radius 1 is 1.22 bits per heavy atom. The van der Waals surface area contributed by atoms with Crippen LogP contribution in [0.15, 0.2) is 36.4 Å². The summed E-state index contributed by atoms with van der Waals surface area (Å²) in [5.74, 6) is 0.628. The fourth-order valence-corrected chi connectivity index (χ4v) is 3.30. The molecule has 0 aliphatic heterocycles. The first-order valence-electron chi connectivity index (χ1n) is 7.74. The van der Waals surface area contributed by atoms with Crippen molar-refractivity contribution in [3.8, 4) is 17.3 Å². The fourth-order valence-electron chi connectivity index (χ4n) is 2.81. The average molecular weight is 421 g/mol. The number of benzene rings is 1. The van der Waals surface area contributed by atoms with Crippen LogP contribution < -0.4 is 10.5 Å². The Morgan fingerprint density at radius 3 is 2.87 bits per heavy atom. The molecular formula is C18H20IN3O. The standard InChI is InChI=1S/C18H20IN3O/c1-23-17-7-4-6-16(21-17)18-13(5-2-3-10-20)14-11-12(19)8-9-15(14)22-18/h4,6-9,11,22H,2-3,5,10,20H2,1H3. The Morgan fingerprint density at radius 2 is 2.09 bits per heavy atom. The van der Waals surface area contributed by atoms with Gasteiger partial charge in [-0.05, 0) is 78.2 Å². The summed E-state index contributed by atoms with van der Waals surface area (Å²) >= 11 is 2.36. The molecule has 0 bridgehead atoms. The minimum absolute atomic E-state index is 0.628. The smallest absolute Gasteiger partial charge is 0.213 e. The van der Waals surface area contributed by atoms with E-state index in [9.17, 15) is 0 Å². The molecule has 0 atom stereocenters. The van der Waals surface area contributed by atoms with E-state index in [0.717, 1.165) is 42.7 Å².